The monoisotopic (exact) mass is 341 g/mol. The Kier molecular flexibility index (Phi) is 4.83. The number of hydrogen-bond donors (Lipinski definition) is 2. The summed E-state index contributed by atoms with van der Waals surface area (Å²) >= 11 is 0. The Bertz CT molecular complexity index is 869. The second-order valence-corrected chi connectivity index (χ2v) is 5.75. The van der Waals surface area contributed by atoms with Crippen LogP contribution < -0.4 is 10.6 Å². The number of halogens is 2. The maximum Gasteiger partial charge on any atom is 0.225 e. The molecule has 7 heteroatoms. The molecule has 2 heterocycles. The number of anilines is 3. The van der Waals surface area contributed by atoms with Crippen LogP contribution in [0.5, 0.6) is 0 Å². The zero-order valence-electron chi connectivity index (χ0n) is 13.8. The summed E-state index contributed by atoms with van der Waals surface area (Å²) in [6, 6.07) is 8.81. The average Bonchev–Trinajstić information content (AvgIpc) is 2.57. The number of nitrogens with one attached hydrogen (secondary N) is 2. The van der Waals surface area contributed by atoms with Gasteiger partial charge in [-0.2, -0.15) is 4.98 Å². The minimum atomic E-state index is -0.695. The van der Waals surface area contributed by atoms with Gasteiger partial charge in [0.15, 0.2) is 0 Å². The van der Waals surface area contributed by atoms with E-state index < -0.39 is 11.6 Å². The van der Waals surface area contributed by atoms with Gasteiger partial charge in [0.1, 0.15) is 17.5 Å². The predicted molar refractivity (Wildman–Crippen MR) is 93.7 cm³/mol. The molecule has 0 saturated carbocycles. The molecule has 25 heavy (non-hydrogen) atoms. The zero-order chi connectivity index (χ0) is 17.8. The van der Waals surface area contributed by atoms with Crippen molar-refractivity contribution >= 4 is 17.5 Å². The Morgan fingerprint density at radius 2 is 1.88 bits per heavy atom. The van der Waals surface area contributed by atoms with Gasteiger partial charge in [0, 0.05) is 36.1 Å². The first kappa shape index (κ1) is 16.8. The molecule has 0 spiro atoms. The predicted octanol–water partition coefficient (Wildman–Crippen LogP) is 4.38. The van der Waals surface area contributed by atoms with E-state index in [0.29, 0.717) is 17.5 Å². The van der Waals surface area contributed by atoms with E-state index in [-0.39, 0.29) is 11.7 Å². The largest absolute Gasteiger partial charge is 0.352 e. The van der Waals surface area contributed by atoms with Gasteiger partial charge in [0.2, 0.25) is 5.95 Å². The van der Waals surface area contributed by atoms with E-state index in [0.717, 1.165) is 11.6 Å². The zero-order valence-corrected chi connectivity index (χ0v) is 13.8. The molecule has 0 aliphatic heterocycles. The maximum absolute atomic E-state index is 13.9. The molecule has 0 atom stereocenters. The standard InChI is InChI=1S/C18H17F2N5/c1-11(2)22-18-24-16(12-4-3-7-21-10-12)9-17(25-18)23-15-6-5-13(19)8-14(15)20/h3-11H,1-2H3,(H2,22,23,24,25). The van der Waals surface area contributed by atoms with Crippen molar-refractivity contribution < 1.29 is 8.78 Å². The molecular weight excluding hydrogens is 324 g/mol. The molecule has 0 amide bonds. The van der Waals surface area contributed by atoms with Crippen molar-refractivity contribution in [2.75, 3.05) is 10.6 Å². The molecule has 0 fully saturated rings. The number of aromatic nitrogens is 3. The van der Waals surface area contributed by atoms with Crippen LogP contribution in [0.3, 0.4) is 0 Å². The Hall–Kier alpha value is -3.09. The number of nitrogens with zero attached hydrogens (tertiary/aromatic N) is 3. The van der Waals surface area contributed by atoms with Gasteiger partial charge in [-0.3, -0.25) is 4.98 Å². The lowest BCUT2D eigenvalue weighted by Crippen LogP contribution is -2.13. The van der Waals surface area contributed by atoms with Crippen molar-refractivity contribution in [3.63, 3.8) is 0 Å². The van der Waals surface area contributed by atoms with E-state index in [1.54, 1.807) is 24.5 Å². The number of rotatable bonds is 5. The number of benzene rings is 1. The average molecular weight is 341 g/mol. The molecule has 1 aromatic carbocycles. The lowest BCUT2D eigenvalue weighted by Gasteiger charge is -2.13. The molecule has 0 aliphatic rings. The smallest absolute Gasteiger partial charge is 0.225 e. The molecule has 0 unspecified atom stereocenters. The quantitative estimate of drug-likeness (QED) is 0.721. The lowest BCUT2D eigenvalue weighted by molar-refractivity contribution is 0.586. The highest BCUT2D eigenvalue weighted by Crippen LogP contribution is 2.25. The molecule has 2 aromatic heterocycles. The fraction of sp³-hybridized carbons (Fsp3) is 0.167. The fourth-order valence-corrected chi connectivity index (χ4v) is 2.23. The summed E-state index contributed by atoms with van der Waals surface area (Å²) in [5, 5.41) is 6.00. The van der Waals surface area contributed by atoms with E-state index in [2.05, 4.69) is 25.6 Å². The Morgan fingerprint density at radius 3 is 2.56 bits per heavy atom. The molecule has 0 aliphatic carbocycles. The minimum absolute atomic E-state index is 0.125. The molecule has 0 radical (unpaired) electrons. The van der Waals surface area contributed by atoms with Crippen molar-refractivity contribution in [3.05, 3.63) is 60.4 Å². The highest BCUT2D eigenvalue weighted by molar-refractivity contribution is 5.67. The second-order valence-electron chi connectivity index (χ2n) is 5.75. The van der Waals surface area contributed by atoms with Crippen LogP contribution in [0.15, 0.2) is 48.8 Å². The van der Waals surface area contributed by atoms with Crippen LogP contribution >= 0.6 is 0 Å². The molecule has 128 valence electrons. The summed E-state index contributed by atoms with van der Waals surface area (Å²) in [5.41, 5.74) is 1.57. The van der Waals surface area contributed by atoms with Gasteiger partial charge < -0.3 is 10.6 Å². The van der Waals surface area contributed by atoms with Gasteiger partial charge in [-0.25, -0.2) is 13.8 Å². The number of pyridine rings is 1. The molecule has 3 aromatic rings. The van der Waals surface area contributed by atoms with E-state index in [1.807, 2.05) is 19.9 Å². The van der Waals surface area contributed by atoms with E-state index in [4.69, 9.17) is 0 Å². The van der Waals surface area contributed by atoms with Gasteiger partial charge in [-0.1, -0.05) is 0 Å². The molecule has 2 N–H and O–H groups in total. The molecule has 0 saturated heterocycles. The summed E-state index contributed by atoms with van der Waals surface area (Å²) < 4.78 is 27.0. The van der Waals surface area contributed by atoms with Crippen molar-refractivity contribution in [2.45, 2.75) is 19.9 Å². The summed E-state index contributed by atoms with van der Waals surface area (Å²) in [6.07, 6.45) is 3.36. The van der Waals surface area contributed by atoms with E-state index >= 15 is 0 Å². The highest BCUT2D eigenvalue weighted by atomic mass is 19.1. The van der Waals surface area contributed by atoms with Crippen LogP contribution in [0.1, 0.15) is 13.8 Å². The Balaban J connectivity index is 2.00. The first-order valence-corrected chi connectivity index (χ1v) is 7.79. The third-order valence-corrected chi connectivity index (χ3v) is 3.30. The van der Waals surface area contributed by atoms with E-state index in [1.165, 1.54) is 12.1 Å². The van der Waals surface area contributed by atoms with Crippen LogP contribution in [0.4, 0.5) is 26.2 Å². The normalized spacial score (nSPS) is 10.8. The molecule has 3 rings (SSSR count). The Labute approximate surface area is 144 Å². The van der Waals surface area contributed by atoms with Gasteiger partial charge in [0.05, 0.1) is 11.4 Å². The molecule has 0 bridgehead atoms. The first-order chi connectivity index (χ1) is 12.0. The van der Waals surface area contributed by atoms with Crippen LogP contribution in [0, 0.1) is 11.6 Å². The Morgan fingerprint density at radius 1 is 1.04 bits per heavy atom. The van der Waals surface area contributed by atoms with Crippen LogP contribution in [-0.2, 0) is 0 Å². The van der Waals surface area contributed by atoms with Gasteiger partial charge in [-0.15, -0.1) is 0 Å². The van der Waals surface area contributed by atoms with Crippen LogP contribution in [0.25, 0.3) is 11.3 Å². The van der Waals surface area contributed by atoms with Crippen LogP contribution in [0.2, 0.25) is 0 Å². The highest BCUT2D eigenvalue weighted by Gasteiger charge is 2.10. The van der Waals surface area contributed by atoms with Gasteiger partial charge >= 0.3 is 0 Å². The first-order valence-electron chi connectivity index (χ1n) is 7.79. The van der Waals surface area contributed by atoms with Gasteiger partial charge in [-0.05, 0) is 38.1 Å². The van der Waals surface area contributed by atoms with E-state index in [9.17, 15) is 8.78 Å². The van der Waals surface area contributed by atoms with Gasteiger partial charge in [0.25, 0.3) is 0 Å². The summed E-state index contributed by atoms with van der Waals surface area (Å²) in [7, 11) is 0. The van der Waals surface area contributed by atoms with Crippen molar-refractivity contribution in [3.8, 4) is 11.3 Å². The lowest BCUT2D eigenvalue weighted by atomic mass is 10.2. The summed E-state index contributed by atoms with van der Waals surface area (Å²) in [4.78, 5) is 12.9. The van der Waals surface area contributed by atoms with Crippen molar-refractivity contribution in [1.29, 1.82) is 0 Å². The minimum Gasteiger partial charge on any atom is -0.352 e. The summed E-state index contributed by atoms with van der Waals surface area (Å²) in [5.74, 6) is -0.534. The number of hydrogen-bond acceptors (Lipinski definition) is 5. The van der Waals surface area contributed by atoms with Crippen molar-refractivity contribution in [1.82, 2.24) is 15.0 Å². The maximum atomic E-state index is 13.9. The SMILES string of the molecule is CC(C)Nc1nc(Nc2ccc(F)cc2F)cc(-c2cccnc2)n1. The van der Waals surface area contributed by atoms with Crippen LogP contribution in [-0.4, -0.2) is 21.0 Å². The fourth-order valence-electron chi connectivity index (χ4n) is 2.23. The third kappa shape index (κ3) is 4.26. The van der Waals surface area contributed by atoms with Crippen molar-refractivity contribution in [2.24, 2.45) is 0 Å². The molecule has 5 nitrogen and oxygen atoms in total. The topological polar surface area (TPSA) is 62.7 Å². The third-order valence-electron chi connectivity index (χ3n) is 3.30. The summed E-state index contributed by atoms with van der Waals surface area (Å²) in [6.45, 7) is 3.93. The molecular formula is C18H17F2N5. The second kappa shape index (κ2) is 7.21.